The minimum absolute atomic E-state index is 0.0279. The summed E-state index contributed by atoms with van der Waals surface area (Å²) >= 11 is 1.31. The molecule has 3 heterocycles. The van der Waals surface area contributed by atoms with Gasteiger partial charge in [0.25, 0.3) is 5.91 Å². The number of likely N-dealkylation sites (tertiary alicyclic amines) is 1. The molecule has 3 aliphatic rings. The lowest BCUT2D eigenvalue weighted by Gasteiger charge is -2.43. The van der Waals surface area contributed by atoms with E-state index in [-0.39, 0.29) is 11.7 Å². The summed E-state index contributed by atoms with van der Waals surface area (Å²) in [5, 5.41) is 9.35. The van der Waals surface area contributed by atoms with Crippen molar-refractivity contribution >= 4 is 29.0 Å². The Labute approximate surface area is 172 Å². The molecule has 5 rings (SSSR count). The number of ketones is 1. The van der Waals surface area contributed by atoms with Crippen LogP contribution in [-0.4, -0.2) is 47.4 Å². The van der Waals surface area contributed by atoms with Crippen LogP contribution in [0.2, 0.25) is 0 Å². The van der Waals surface area contributed by atoms with Gasteiger partial charge in [-0.1, -0.05) is 12.1 Å². The minimum Gasteiger partial charge on any atom is -0.477 e. The first-order chi connectivity index (χ1) is 14.0. The maximum Gasteiger partial charge on any atom is 0.345 e. The Morgan fingerprint density at radius 2 is 1.93 bits per heavy atom. The number of hydrogen-bond acceptors (Lipinski definition) is 5. The van der Waals surface area contributed by atoms with E-state index in [1.807, 2.05) is 11.0 Å². The Balaban J connectivity index is 1.38. The molecular formula is C22H21NO5S. The zero-order valence-electron chi connectivity index (χ0n) is 15.9. The predicted octanol–water partition coefficient (Wildman–Crippen LogP) is 3.28. The van der Waals surface area contributed by atoms with Crippen LogP contribution >= 0.6 is 11.3 Å². The van der Waals surface area contributed by atoms with E-state index in [4.69, 9.17) is 4.74 Å². The van der Waals surface area contributed by atoms with Crippen LogP contribution in [0.5, 0.6) is 0 Å². The zero-order chi connectivity index (χ0) is 20.2. The lowest BCUT2D eigenvalue weighted by atomic mass is 9.85. The van der Waals surface area contributed by atoms with Gasteiger partial charge in [-0.25, -0.2) is 4.79 Å². The number of carboxylic acids is 1. The molecule has 0 saturated carbocycles. The van der Waals surface area contributed by atoms with Crippen molar-refractivity contribution in [3.63, 3.8) is 0 Å². The highest BCUT2D eigenvalue weighted by Gasteiger charge is 2.44. The molecule has 1 aromatic carbocycles. The second-order valence-electron chi connectivity index (χ2n) is 7.91. The van der Waals surface area contributed by atoms with Crippen LogP contribution in [-0.2, 0) is 23.2 Å². The van der Waals surface area contributed by atoms with E-state index in [0.29, 0.717) is 61.4 Å². The summed E-state index contributed by atoms with van der Waals surface area (Å²) in [5.74, 6) is -0.818. The maximum absolute atomic E-state index is 13.2. The topological polar surface area (TPSA) is 83.9 Å². The van der Waals surface area contributed by atoms with Crippen LogP contribution in [0.3, 0.4) is 0 Å². The van der Waals surface area contributed by atoms with Gasteiger partial charge in [0.15, 0.2) is 5.78 Å². The SMILES string of the molecule is O=C(O)c1cc2c(s1)C1(CCN(C(=O)c3cccc4c3CCC4=O)CC1)OCC2. The molecule has 1 fully saturated rings. The number of carboxylic acid groups (broad SMARTS) is 1. The van der Waals surface area contributed by atoms with Crippen LogP contribution in [0.4, 0.5) is 0 Å². The fourth-order valence-corrected chi connectivity index (χ4v) is 6.08. The third kappa shape index (κ3) is 2.91. The van der Waals surface area contributed by atoms with E-state index in [2.05, 4.69) is 0 Å². The Morgan fingerprint density at radius 1 is 1.14 bits per heavy atom. The van der Waals surface area contributed by atoms with Gasteiger partial charge in [-0.15, -0.1) is 11.3 Å². The molecule has 1 amide bonds. The molecule has 1 aliphatic carbocycles. The lowest BCUT2D eigenvalue weighted by molar-refractivity contribution is -0.0906. The molecular weight excluding hydrogens is 390 g/mol. The van der Waals surface area contributed by atoms with E-state index >= 15 is 0 Å². The van der Waals surface area contributed by atoms with Crippen molar-refractivity contribution in [3.8, 4) is 0 Å². The van der Waals surface area contributed by atoms with Crippen LogP contribution in [0.15, 0.2) is 24.3 Å². The van der Waals surface area contributed by atoms with E-state index in [1.54, 1.807) is 18.2 Å². The number of piperidine rings is 1. The van der Waals surface area contributed by atoms with Crippen molar-refractivity contribution in [2.45, 2.75) is 37.7 Å². The number of hydrogen-bond donors (Lipinski definition) is 1. The van der Waals surface area contributed by atoms with E-state index in [0.717, 1.165) is 22.4 Å². The van der Waals surface area contributed by atoms with E-state index in [9.17, 15) is 19.5 Å². The summed E-state index contributed by atoms with van der Waals surface area (Å²) in [7, 11) is 0. The fraction of sp³-hybridized carbons (Fsp3) is 0.409. The van der Waals surface area contributed by atoms with Crippen molar-refractivity contribution < 1.29 is 24.2 Å². The summed E-state index contributed by atoms with van der Waals surface area (Å²) in [5.41, 5.74) is 2.78. The lowest BCUT2D eigenvalue weighted by Crippen LogP contribution is -2.48. The molecule has 0 radical (unpaired) electrons. The third-order valence-corrected chi connectivity index (χ3v) is 7.70. The fourth-order valence-electron chi connectivity index (χ4n) is 4.83. The Kier molecular flexibility index (Phi) is 4.33. The van der Waals surface area contributed by atoms with Crippen molar-refractivity contribution in [2.75, 3.05) is 19.7 Å². The first kappa shape index (κ1) is 18.5. The number of fused-ring (bicyclic) bond motifs is 3. The van der Waals surface area contributed by atoms with Crippen LogP contribution < -0.4 is 0 Å². The first-order valence-electron chi connectivity index (χ1n) is 9.93. The molecule has 2 aromatic rings. The average molecular weight is 411 g/mol. The molecule has 1 spiro atoms. The van der Waals surface area contributed by atoms with Crippen molar-refractivity contribution in [1.29, 1.82) is 0 Å². The molecule has 150 valence electrons. The maximum atomic E-state index is 13.2. The molecule has 1 saturated heterocycles. The Morgan fingerprint density at radius 3 is 2.69 bits per heavy atom. The van der Waals surface area contributed by atoms with Gasteiger partial charge in [0.1, 0.15) is 10.5 Å². The van der Waals surface area contributed by atoms with Gasteiger partial charge >= 0.3 is 5.97 Å². The van der Waals surface area contributed by atoms with Crippen molar-refractivity contribution in [1.82, 2.24) is 4.90 Å². The summed E-state index contributed by atoms with van der Waals surface area (Å²) in [6, 6.07) is 7.18. The number of Topliss-reactive ketones (excluding diaryl/α,β-unsaturated/α-hetero) is 1. The van der Waals surface area contributed by atoms with Gasteiger partial charge in [0.05, 0.1) is 6.61 Å². The number of rotatable bonds is 2. The minimum atomic E-state index is -0.903. The second-order valence-corrected chi connectivity index (χ2v) is 8.96. The second kappa shape index (κ2) is 6.78. The van der Waals surface area contributed by atoms with Crippen LogP contribution in [0.25, 0.3) is 0 Å². The standard InChI is InChI=1S/C22H21NO5S/c24-17-5-4-14-15(17)2-1-3-16(14)20(25)23-9-7-22(8-10-23)19-13(6-11-28-22)12-18(29-19)21(26)27/h1-3,12H,4-11H2,(H,26,27). The molecule has 0 atom stereocenters. The van der Waals surface area contributed by atoms with E-state index in [1.165, 1.54) is 11.3 Å². The number of nitrogens with zero attached hydrogens (tertiary/aromatic N) is 1. The molecule has 0 bridgehead atoms. The molecule has 29 heavy (non-hydrogen) atoms. The Hall–Kier alpha value is -2.51. The number of ether oxygens (including phenoxy) is 1. The highest BCUT2D eigenvalue weighted by molar-refractivity contribution is 7.14. The number of thiophene rings is 1. The zero-order valence-corrected chi connectivity index (χ0v) is 16.7. The first-order valence-corrected chi connectivity index (χ1v) is 10.7. The number of carbonyl (C=O) groups excluding carboxylic acids is 2. The summed E-state index contributed by atoms with van der Waals surface area (Å²) < 4.78 is 6.18. The molecule has 7 heteroatoms. The summed E-state index contributed by atoms with van der Waals surface area (Å²) in [6.45, 7) is 1.68. The van der Waals surface area contributed by atoms with Gasteiger partial charge in [-0.2, -0.15) is 0 Å². The number of carbonyl (C=O) groups is 3. The summed E-state index contributed by atoms with van der Waals surface area (Å²) in [6.07, 6.45) is 3.14. The molecule has 1 N–H and O–H groups in total. The normalized spacial score (nSPS) is 19.9. The third-order valence-electron chi connectivity index (χ3n) is 6.35. The van der Waals surface area contributed by atoms with Gasteiger partial charge in [-0.3, -0.25) is 9.59 Å². The number of aromatic carboxylic acids is 1. The van der Waals surface area contributed by atoms with Crippen LogP contribution in [0, 0.1) is 0 Å². The smallest absolute Gasteiger partial charge is 0.345 e. The van der Waals surface area contributed by atoms with Crippen LogP contribution in [0.1, 0.15) is 65.7 Å². The Bertz CT molecular complexity index is 1030. The van der Waals surface area contributed by atoms with Crippen molar-refractivity contribution in [3.05, 3.63) is 56.3 Å². The van der Waals surface area contributed by atoms with Gasteiger partial charge in [0, 0.05) is 35.5 Å². The number of benzene rings is 1. The quantitative estimate of drug-likeness (QED) is 0.820. The summed E-state index contributed by atoms with van der Waals surface area (Å²) in [4.78, 5) is 39.8. The largest absolute Gasteiger partial charge is 0.477 e. The molecule has 2 aliphatic heterocycles. The highest BCUT2D eigenvalue weighted by Crippen LogP contribution is 2.45. The molecule has 1 aromatic heterocycles. The molecule has 6 nitrogen and oxygen atoms in total. The van der Waals surface area contributed by atoms with E-state index < -0.39 is 11.6 Å². The van der Waals surface area contributed by atoms with Gasteiger partial charge < -0.3 is 14.7 Å². The van der Waals surface area contributed by atoms with Crippen molar-refractivity contribution in [2.24, 2.45) is 0 Å². The monoisotopic (exact) mass is 411 g/mol. The highest BCUT2D eigenvalue weighted by atomic mass is 32.1. The molecule has 0 unspecified atom stereocenters. The van der Waals surface area contributed by atoms with Gasteiger partial charge in [0.2, 0.25) is 0 Å². The average Bonchev–Trinajstić information content (AvgIpc) is 3.33. The van der Waals surface area contributed by atoms with Gasteiger partial charge in [-0.05, 0) is 48.9 Å². The number of amides is 1. The predicted molar refractivity (Wildman–Crippen MR) is 107 cm³/mol.